The van der Waals surface area contributed by atoms with Crippen molar-refractivity contribution in [3.63, 3.8) is 0 Å². The Morgan fingerprint density at radius 2 is 1.94 bits per heavy atom. The van der Waals surface area contributed by atoms with Gasteiger partial charge < -0.3 is 4.90 Å². The second-order valence-corrected chi connectivity index (χ2v) is 5.72. The zero-order valence-corrected chi connectivity index (χ0v) is 12.1. The summed E-state index contributed by atoms with van der Waals surface area (Å²) in [6.07, 6.45) is 0.399. The Morgan fingerprint density at radius 1 is 1.38 bits per heavy atom. The average molecular weight is 289 g/mol. The highest BCUT2D eigenvalue weighted by Crippen LogP contribution is 2.16. The summed E-state index contributed by atoms with van der Waals surface area (Å²) in [6, 6.07) is 2.09. The molecule has 0 spiro atoms. The van der Waals surface area contributed by atoms with Crippen LogP contribution in [0.3, 0.4) is 0 Å². The van der Waals surface area contributed by atoms with Gasteiger partial charge in [0, 0.05) is 13.1 Å². The zero-order chi connectivity index (χ0) is 12.7. The van der Waals surface area contributed by atoms with E-state index in [2.05, 4.69) is 35.8 Å². The molecule has 0 aliphatic heterocycles. The van der Waals surface area contributed by atoms with Crippen LogP contribution in [-0.2, 0) is 4.79 Å². The molecule has 92 valence electrons. The second kappa shape index (κ2) is 7.67. The van der Waals surface area contributed by atoms with Gasteiger partial charge in [-0.2, -0.15) is 5.26 Å². The van der Waals surface area contributed by atoms with Gasteiger partial charge in [-0.05, 0) is 11.8 Å². The van der Waals surface area contributed by atoms with Gasteiger partial charge in [-0.3, -0.25) is 4.79 Å². The van der Waals surface area contributed by atoms with Crippen LogP contribution in [0.4, 0.5) is 0 Å². The molecule has 0 aromatic rings. The van der Waals surface area contributed by atoms with Crippen molar-refractivity contribution in [1.29, 1.82) is 5.26 Å². The third-order valence-electron chi connectivity index (χ3n) is 2.21. The maximum atomic E-state index is 12.1. The molecule has 16 heavy (non-hydrogen) atoms. The lowest BCUT2D eigenvalue weighted by molar-refractivity contribution is -0.131. The summed E-state index contributed by atoms with van der Waals surface area (Å²) in [5.41, 5.74) is 0. The van der Waals surface area contributed by atoms with Gasteiger partial charge in [-0.1, -0.05) is 43.6 Å². The van der Waals surface area contributed by atoms with Crippen molar-refractivity contribution in [2.75, 3.05) is 13.1 Å². The van der Waals surface area contributed by atoms with E-state index in [1.165, 1.54) is 0 Å². The molecule has 4 heteroatoms. The van der Waals surface area contributed by atoms with E-state index < -0.39 is 0 Å². The predicted octanol–water partition coefficient (Wildman–Crippen LogP) is 2.80. The van der Waals surface area contributed by atoms with Gasteiger partial charge in [0.05, 0.1) is 17.3 Å². The summed E-state index contributed by atoms with van der Waals surface area (Å²) in [6.45, 7) is 9.42. The third-order valence-corrected chi connectivity index (χ3v) is 3.66. The Bertz CT molecular complexity index is 258. The van der Waals surface area contributed by atoms with E-state index >= 15 is 0 Å². The van der Waals surface area contributed by atoms with E-state index in [1.54, 1.807) is 4.90 Å². The molecule has 3 nitrogen and oxygen atoms in total. The third kappa shape index (κ3) is 5.50. The number of rotatable bonds is 6. The molecule has 0 bridgehead atoms. The van der Waals surface area contributed by atoms with Crippen LogP contribution >= 0.6 is 15.9 Å². The highest BCUT2D eigenvalue weighted by Gasteiger charge is 2.24. The average Bonchev–Trinajstić information content (AvgIpc) is 2.21. The number of alkyl halides is 1. The Hall–Kier alpha value is -0.560. The van der Waals surface area contributed by atoms with Gasteiger partial charge >= 0.3 is 0 Å². The van der Waals surface area contributed by atoms with E-state index in [9.17, 15) is 4.79 Å². The topological polar surface area (TPSA) is 44.1 Å². The Balaban J connectivity index is 4.49. The normalized spacial score (nSPS) is 12.6. The molecule has 0 N–H and O–H groups in total. The van der Waals surface area contributed by atoms with Crippen LogP contribution in [-0.4, -0.2) is 28.7 Å². The number of carbonyl (C=O) groups is 1. The summed E-state index contributed by atoms with van der Waals surface area (Å²) in [4.78, 5) is 13.7. The zero-order valence-electron chi connectivity index (χ0n) is 10.5. The summed E-state index contributed by atoms with van der Waals surface area (Å²) >= 11 is 3.42. The summed E-state index contributed by atoms with van der Waals surface area (Å²) in [7, 11) is 0. The van der Waals surface area contributed by atoms with Crippen LogP contribution in [0.15, 0.2) is 0 Å². The van der Waals surface area contributed by atoms with Crippen molar-refractivity contribution >= 4 is 21.8 Å². The standard InChI is InChI=1S/C12H21BrN2O/c1-9(2)8-15(7-5-6-14)12(16)11(13)10(3)4/h9-11H,5,7-8H2,1-4H3. The summed E-state index contributed by atoms with van der Waals surface area (Å²) < 4.78 is 0. The Morgan fingerprint density at radius 3 is 2.31 bits per heavy atom. The molecular weight excluding hydrogens is 268 g/mol. The van der Waals surface area contributed by atoms with Gasteiger partial charge in [0.1, 0.15) is 0 Å². The van der Waals surface area contributed by atoms with E-state index in [0.717, 1.165) is 6.54 Å². The first-order valence-corrected chi connectivity index (χ1v) is 6.61. The van der Waals surface area contributed by atoms with E-state index in [1.807, 2.05) is 13.8 Å². The Kier molecular flexibility index (Phi) is 7.40. The first-order chi connectivity index (χ1) is 7.40. The van der Waals surface area contributed by atoms with Crippen molar-refractivity contribution in [2.24, 2.45) is 11.8 Å². The lowest BCUT2D eigenvalue weighted by Crippen LogP contribution is -2.41. The molecule has 0 rings (SSSR count). The number of nitrogens with zero attached hydrogens (tertiary/aromatic N) is 2. The SMILES string of the molecule is CC(C)CN(CCC#N)C(=O)C(Br)C(C)C. The number of halogens is 1. The maximum absolute atomic E-state index is 12.1. The number of hydrogen-bond donors (Lipinski definition) is 0. The smallest absolute Gasteiger partial charge is 0.236 e. The largest absolute Gasteiger partial charge is 0.340 e. The molecule has 0 saturated carbocycles. The van der Waals surface area contributed by atoms with Crippen LogP contribution in [0.2, 0.25) is 0 Å². The van der Waals surface area contributed by atoms with Crippen molar-refractivity contribution in [2.45, 2.75) is 38.9 Å². The summed E-state index contributed by atoms with van der Waals surface area (Å²) in [5.74, 6) is 0.790. The fourth-order valence-corrected chi connectivity index (χ4v) is 1.67. The van der Waals surface area contributed by atoms with Crippen LogP contribution < -0.4 is 0 Å². The second-order valence-electron chi connectivity index (χ2n) is 4.73. The van der Waals surface area contributed by atoms with Crippen LogP contribution in [0.25, 0.3) is 0 Å². The lowest BCUT2D eigenvalue weighted by atomic mass is 10.1. The van der Waals surface area contributed by atoms with Crippen LogP contribution in [0.1, 0.15) is 34.1 Å². The van der Waals surface area contributed by atoms with E-state index in [4.69, 9.17) is 5.26 Å². The first-order valence-electron chi connectivity index (χ1n) is 5.70. The molecule has 1 unspecified atom stereocenters. The van der Waals surface area contributed by atoms with Crippen molar-refractivity contribution in [3.8, 4) is 6.07 Å². The monoisotopic (exact) mass is 288 g/mol. The van der Waals surface area contributed by atoms with Crippen LogP contribution in [0, 0.1) is 23.2 Å². The van der Waals surface area contributed by atoms with Crippen LogP contribution in [0.5, 0.6) is 0 Å². The lowest BCUT2D eigenvalue weighted by Gasteiger charge is -2.27. The summed E-state index contributed by atoms with van der Waals surface area (Å²) in [5, 5.41) is 8.58. The van der Waals surface area contributed by atoms with Gasteiger partial charge in [0.15, 0.2) is 0 Å². The fourth-order valence-electron chi connectivity index (χ4n) is 1.38. The maximum Gasteiger partial charge on any atom is 0.236 e. The number of carbonyl (C=O) groups excluding carboxylic acids is 1. The molecular formula is C12H21BrN2O. The highest BCUT2D eigenvalue weighted by molar-refractivity contribution is 9.10. The molecule has 1 amide bonds. The molecule has 0 aromatic carbocycles. The first kappa shape index (κ1) is 15.4. The molecule has 0 aliphatic rings. The fraction of sp³-hybridized carbons (Fsp3) is 0.833. The van der Waals surface area contributed by atoms with Crippen molar-refractivity contribution in [1.82, 2.24) is 4.90 Å². The minimum Gasteiger partial charge on any atom is -0.340 e. The quantitative estimate of drug-likeness (QED) is 0.706. The number of nitriles is 1. The van der Waals surface area contributed by atoms with Gasteiger partial charge in [-0.25, -0.2) is 0 Å². The number of hydrogen-bond acceptors (Lipinski definition) is 2. The number of amides is 1. The highest BCUT2D eigenvalue weighted by atomic mass is 79.9. The van der Waals surface area contributed by atoms with Gasteiger partial charge in [-0.15, -0.1) is 0 Å². The minimum absolute atomic E-state index is 0.0963. The molecule has 0 aromatic heterocycles. The minimum atomic E-state index is -0.148. The molecule has 0 fully saturated rings. The molecule has 0 radical (unpaired) electrons. The van der Waals surface area contributed by atoms with E-state index in [-0.39, 0.29) is 16.7 Å². The van der Waals surface area contributed by atoms with Crippen molar-refractivity contribution in [3.05, 3.63) is 0 Å². The molecule has 0 saturated heterocycles. The Labute approximate surface area is 107 Å². The van der Waals surface area contributed by atoms with E-state index in [0.29, 0.717) is 18.9 Å². The van der Waals surface area contributed by atoms with Gasteiger partial charge in [0.2, 0.25) is 5.91 Å². The van der Waals surface area contributed by atoms with Gasteiger partial charge in [0.25, 0.3) is 0 Å². The predicted molar refractivity (Wildman–Crippen MR) is 69.2 cm³/mol. The molecule has 0 heterocycles. The molecule has 1 atom stereocenters. The molecule has 0 aliphatic carbocycles. The van der Waals surface area contributed by atoms with Crippen molar-refractivity contribution < 1.29 is 4.79 Å².